The average Bonchev–Trinajstić information content (AvgIpc) is 2.97. The summed E-state index contributed by atoms with van der Waals surface area (Å²) >= 11 is 0. The van der Waals surface area contributed by atoms with E-state index < -0.39 is 11.6 Å². The van der Waals surface area contributed by atoms with Gasteiger partial charge >= 0.3 is 6.09 Å². The molecular weight excluding hydrogens is 184 g/mol. The Morgan fingerprint density at radius 1 is 1.71 bits per heavy atom. The Kier molecular flexibility index (Phi) is 3.22. The van der Waals surface area contributed by atoms with Crippen molar-refractivity contribution in [1.82, 2.24) is 5.01 Å². The molecule has 5 nitrogen and oxygen atoms in total. The van der Waals surface area contributed by atoms with E-state index in [0.717, 1.165) is 30.7 Å². The highest BCUT2D eigenvalue weighted by Crippen LogP contribution is 2.46. The minimum atomic E-state index is -0.679. The summed E-state index contributed by atoms with van der Waals surface area (Å²) < 4.78 is 4.48. The zero-order valence-electron chi connectivity index (χ0n) is 8.23. The van der Waals surface area contributed by atoms with Crippen molar-refractivity contribution in [2.24, 2.45) is 5.29 Å². The summed E-state index contributed by atoms with van der Waals surface area (Å²) in [5.74, 6) is 0. The number of amides is 1. The fraction of sp³-hybridized carbons (Fsp3) is 0.667. The molecule has 78 valence electrons. The molecule has 1 saturated carbocycles. The highest BCUT2D eigenvalue weighted by atomic mass is 16.6. The van der Waals surface area contributed by atoms with Crippen molar-refractivity contribution in [1.29, 1.82) is 0 Å². The van der Waals surface area contributed by atoms with Crippen molar-refractivity contribution < 1.29 is 9.53 Å². The van der Waals surface area contributed by atoms with E-state index in [0.29, 0.717) is 0 Å². The van der Waals surface area contributed by atoms with Gasteiger partial charge in [-0.05, 0) is 25.7 Å². The third-order valence-corrected chi connectivity index (χ3v) is 2.52. The van der Waals surface area contributed by atoms with Gasteiger partial charge in [-0.3, -0.25) is 0 Å². The maximum atomic E-state index is 11.2. The van der Waals surface area contributed by atoms with Crippen LogP contribution < -0.4 is 0 Å². The van der Waals surface area contributed by atoms with E-state index in [2.05, 4.69) is 16.6 Å². The van der Waals surface area contributed by atoms with Crippen molar-refractivity contribution in [2.75, 3.05) is 7.11 Å². The van der Waals surface area contributed by atoms with E-state index >= 15 is 0 Å². The molecule has 0 heterocycles. The van der Waals surface area contributed by atoms with Crippen LogP contribution in [0.3, 0.4) is 0 Å². The van der Waals surface area contributed by atoms with Crippen LogP contribution >= 0.6 is 0 Å². The molecule has 0 radical (unpaired) electrons. The molecule has 0 aromatic heterocycles. The molecule has 0 N–H and O–H groups in total. The van der Waals surface area contributed by atoms with Crippen LogP contribution in [-0.2, 0) is 4.74 Å². The standard InChI is InChI=1S/C9H14N2O3/c1-3-4-5-9(6-7-9)11(10-13)8(12)14-2/h3H,1,4-7H2,2H3. The first-order valence-electron chi connectivity index (χ1n) is 4.52. The SMILES string of the molecule is C=CCCC1(N(N=O)C(=O)OC)CC1. The third kappa shape index (κ3) is 1.92. The van der Waals surface area contributed by atoms with Crippen molar-refractivity contribution in [2.45, 2.75) is 31.2 Å². The molecule has 0 atom stereocenters. The van der Waals surface area contributed by atoms with Crippen LogP contribution in [0.25, 0.3) is 0 Å². The molecular formula is C9H14N2O3. The first-order valence-corrected chi connectivity index (χ1v) is 4.52. The molecule has 0 aromatic rings. The lowest BCUT2D eigenvalue weighted by molar-refractivity contribution is 0.0963. The normalized spacial score (nSPS) is 16.9. The first-order chi connectivity index (χ1) is 6.70. The highest BCUT2D eigenvalue weighted by Gasteiger charge is 2.51. The highest BCUT2D eigenvalue weighted by molar-refractivity contribution is 5.68. The van der Waals surface area contributed by atoms with Gasteiger partial charge in [0.1, 0.15) is 0 Å². The number of nitroso groups, excluding NO2 is 1. The lowest BCUT2D eigenvalue weighted by Gasteiger charge is -2.22. The van der Waals surface area contributed by atoms with Gasteiger partial charge in [0.2, 0.25) is 0 Å². The molecule has 5 heteroatoms. The van der Waals surface area contributed by atoms with Gasteiger partial charge in [0.05, 0.1) is 17.9 Å². The Hall–Kier alpha value is -1.39. The topological polar surface area (TPSA) is 59.0 Å². The summed E-state index contributed by atoms with van der Waals surface area (Å²) in [6, 6.07) is 0. The fourth-order valence-corrected chi connectivity index (χ4v) is 1.48. The second kappa shape index (κ2) is 4.21. The Balaban J connectivity index is 2.63. The number of hydrogen-bond donors (Lipinski definition) is 0. The first kappa shape index (κ1) is 10.7. The van der Waals surface area contributed by atoms with Crippen LogP contribution in [0.4, 0.5) is 4.79 Å². The van der Waals surface area contributed by atoms with Gasteiger partial charge in [-0.15, -0.1) is 11.5 Å². The van der Waals surface area contributed by atoms with Crippen LogP contribution in [-0.4, -0.2) is 23.8 Å². The molecule has 0 saturated heterocycles. The number of carbonyl (C=O) groups excluding carboxylic acids is 1. The van der Waals surface area contributed by atoms with Gasteiger partial charge in [0.15, 0.2) is 0 Å². The quantitative estimate of drug-likeness (QED) is 0.386. The number of carbonyl (C=O) groups is 1. The number of hydrogen-bond acceptors (Lipinski definition) is 4. The fourth-order valence-electron chi connectivity index (χ4n) is 1.48. The molecule has 0 aliphatic heterocycles. The molecule has 1 aliphatic rings. The Morgan fingerprint density at radius 3 is 2.71 bits per heavy atom. The van der Waals surface area contributed by atoms with Crippen LogP contribution in [0.5, 0.6) is 0 Å². The van der Waals surface area contributed by atoms with Crippen molar-refractivity contribution in [3.05, 3.63) is 17.6 Å². The van der Waals surface area contributed by atoms with Gasteiger partial charge in [0, 0.05) is 0 Å². The van der Waals surface area contributed by atoms with Crippen LogP contribution in [0.1, 0.15) is 25.7 Å². The maximum absolute atomic E-state index is 11.2. The molecule has 1 amide bonds. The lowest BCUT2D eigenvalue weighted by atomic mass is 10.1. The van der Waals surface area contributed by atoms with Crippen molar-refractivity contribution >= 4 is 6.09 Å². The van der Waals surface area contributed by atoms with Gasteiger partial charge in [-0.1, -0.05) is 6.08 Å². The third-order valence-electron chi connectivity index (χ3n) is 2.52. The molecule has 1 rings (SSSR count). The van der Waals surface area contributed by atoms with E-state index in [-0.39, 0.29) is 0 Å². The van der Waals surface area contributed by atoms with Crippen molar-refractivity contribution in [3.8, 4) is 0 Å². The summed E-state index contributed by atoms with van der Waals surface area (Å²) in [4.78, 5) is 21.7. The molecule has 0 aromatic carbocycles. The zero-order chi connectivity index (χ0) is 10.6. The Morgan fingerprint density at radius 2 is 2.36 bits per heavy atom. The van der Waals surface area contributed by atoms with Crippen LogP contribution in [0, 0.1) is 4.91 Å². The van der Waals surface area contributed by atoms with E-state index in [9.17, 15) is 9.70 Å². The van der Waals surface area contributed by atoms with Gasteiger partial charge in [-0.25, -0.2) is 4.79 Å². The van der Waals surface area contributed by atoms with Gasteiger partial charge in [-0.2, -0.15) is 5.01 Å². The summed E-state index contributed by atoms with van der Waals surface area (Å²) in [5.41, 5.74) is -0.400. The lowest BCUT2D eigenvalue weighted by Crippen LogP contribution is -2.37. The summed E-state index contributed by atoms with van der Waals surface area (Å²) in [6.45, 7) is 3.60. The molecule has 0 spiro atoms. The second-order valence-corrected chi connectivity index (χ2v) is 3.42. The minimum Gasteiger partial charge on any atom is -0.451 e. The van der Waals surface area contributed by atoms with E-state index in [4.69, 9.17) is 0 Å². The Bertz CT molecular complexity index is 248. The number of ether oxygens (including phenoxy) is 1. The summed E-state index contributed by atoms with van der Waals surface area (Å²) in [5, 5.41) is 3.63. The number of methoxy groups -OCH3 is 1. The van der Waals surface area contributed by atoms with Gasteiger partial charge in [0.25, 0.3) is 0 Å². The molecule has 1 fully saturated rings. The smallest absolute Gasteiger partial charge is 0.433 e. The Labute approximate surface area is 82.7 Å². The van der Waals surface area contributed by atoms with Crippen LogP contribution in [0.2, 0.25) is 0 Å². The van der Waals surface area contributed by atoms with E-state index in [1.807, 2.05) is 0 Å². The summed E-state index contributed by atoms with van der Waals surface area (Å²) in [7, 11) is 1.24. The van der Waals surface area contributed by atoms with E-state index in [1.165, 1.54) is 7.11 Å². The predicted octanol–water partition coefficient (Wildman–Crippen LogP) is 2.24. The van der Waals surface area contributed by atoms with Gasteiger partial charge < -0.3 is 4.74 Å². The largest absolute Gasteiger partial charge is 0.451 e. The zero-order valence-corrected chi connectivity index (χ0v) is 8.23. The number of nitrogens with zero attached hydrogens (tertiary/aromatic N) is 2. The molecule has 14 heavy (non-hydrogen) atoms. The predicted molar refractivity (Wildman–Crippen MR) is 51.4 cm³/mol. The minimum absolute atomic E-state index is 0.400. The summed E-state index contributed by atoms with van der Waals surface area (Å²) in [6.07, 6.45) is 4.19. The molecule has 0 unspecified atom stereocenters. The number of allylic oxidation sites excluding steroid dienone is 1. The monoisotopic (exact) mass is 198 g/mol. The molecule has 0 bridgehead atoms. The maximum Gasteiger partial charge on any atom is 0.433 e. The van der Waals surface area contributed by atoms with Crippen LogP contribution in [0.15, 0.2) is 17.9 Å². The van der Waals surface area contributed by atoms with E-state index in [1.54, 1.807) is 6.08 Å². The molecule has 1 aliphatic carbocycles. The second-order valence-electron chi connectivity index (χ2n) is 3.42. The van der Waals surface area contributed by atoms with Crippen molar-refractivity contribution in [3.63, 3.8) is 0 Å². The average molecular weight is 198 g/mol. The number of rotatable bonds is 5.